The molecule has 0 fully saturated rings. The lowest BCUT2D eigenvalue weighted by Crippen LogP contribution is -2.00. The van der Waals surface area contributed by atoms with E-state index in [0.717, 1.165) is 28.4 Å². The number of aryl methyl sites for hydroxylation is 4. The Kier molecular flexibility index (Phi) is 4.00. The van der Waals surface area contributed by atoms with Gasteiger partial charge in [-0.3, -0.25) is 4.40 Å². The van der Waals surface area contributed by atoms with E-state index in [1.54, 1.807) is 0 Å². The quantitative estimate of drug-likeness (QED) is 0.497. The fourth-order valence-electron chi connectivity index (χ4n) is 3.39. The van der Waals surface area contributed by atoms with Crippen LogP contribution in [0.4, 0.5) is 11.5 Å². The van der Waals surface area contributed by atoms with Crippen molar-refractivity contribution in [3.05, 3.63) is 83.0 Å². The molecule has 0 atom stereocenters. The average Bonchev–Trinajstić information content (AvgIpc) is 2.96. The van der Waals surface area contributed by atoms with Crippen LogP contribution in [0.2, 0.25) is 0 Å². The van der Waals surface area contributed by atoms with Crippen molar-refractivity contribution in [3.8, 4) is 11.3 Å². The molecule has 4 aromatic rings. The third-order valence-electron chi connectivity index (χ3n) is 4.80. The molecule has 0 unspecified atom stereocenters. The summed E-state index contributed by atoms with van der Waals surface area (Å²) in [4.78, 5) is 4.94. The Balaban J connectivity index is 1.95. The van der Waals surface area contributed by atoms with Crippen LogP contribution in [0, 0.1) is 27.7 Å². The number of nitrogens with zero attached hydrogens (tertiary/aromatic N) is 2. The summed E-state index contributed by atoms with van der Waals surface area (Å²) in [6, 6.07) is 19.1. The minimum atomic E-state index is 0.954. The van der Waals surface area contributed by atoms with Crippen molar-refractivity contribution >= 4 is 17.2 Å². The third kappa shape index (κ3) is 2.86. The Labute approximate surface area is 154 Å². The van der Waals surface area contributed by atoms with Gasteiger partial charge in [0.1, 0.15) is 17.2 Å². The van der Waals surface area contributed by atoms with Crippen molar-refractivity contribution < 1.29 is 0 Å². The smallest absolute Gasteiger partial charge is 0.143 e. The van der Waals surface area contributed by atoms with Gasteiger partial charge in [-0.15, -0.1) is 0 Å². The number of anilines is 2. The fourth-order valence-corrected chi connectivity index (χ4v) is 3.39. The molecule has 2 aromatic heterocycles. The number of imidazole rings is 1. The monoisotopic (exact) mass is 341 g/mol. The fraction of sp³-hybridized carbons (Fsp3) is 0.174. The second-order valence-electron chi connectivity index (χ2n) is 7.00. The van der Waals surface area contributed by atoms with Crippen LogP contribution < -0.4 is 5.32 Å². The first kappa shape index (κ1) is 16.4. The van der Waals surface area contributed by atoms with Crippen molar-refractivity contribution in [1.29, 1.82) is 0 Å². The van der Waals surface area contributed by atoms with Crippen LogP contribution in [0.5, 0.6) is 0 Å². The normalized spacial score (nSPS) is 11.1. The van der Waals surface area contributed by atoms with Gasteiger partial charge in [-0.1, -0.05) is 42.0 Å². The van der Waals surface area contributed by atoms with E-state index in [2.05, 4.69) is 98.2 Å². The number of hydrogen-bond donors (Lipinski definition) is 1. The molecule has 0 aliphatic carbocycles. The van der Waals surface area contributed by atoms with Gasteiger partial charge in [0.25, 0.3) is 0 Å². The summed E-state index contributed by atoms with van der Waals surface area (Å²) in [6.45, 7) is 8.48. The lowest BCUT2D eigenvalue weighted by atomic mass is 10.1. The maximum absolute atomic E-state index is 4.94. The van der Waals surface area contributed by atoms with Crippen LogP contribution in [-0.4, -0.2) is 9.38 Å². The van der Waals surface area contributed by atoms with Crippen LogP contribution in [-0.2, 0) is 0 Å². The van der Waals surface area contributed by atoms with Crippen LogP contribution in [0.1, 0.15) is 22.3 Å². The zero-order valence-electron chi connectivity index (χ0n) is 15.7. The van der Waals surface area contributed by atoms with Gasteiger partial charge in [-0.05, 0) is 62.6 Å². The van der Waals surface area contributed by atoms with Gasteiger partial charge >= 0.3 is 0 Å². The second kappa shape index (κ2) is 6.34. The number of aromatic nitrogens is 2. The van der Waals surface area contributed by atoms with Gasteiger partial charge in [-0.2, -0.15) is 0 Å². The molecule has 2 heterocycles. The number of pyridine rings is 1. The molecule has 2 aromatic carbocycles. The molecule has 0 amide bonds. The maximum atomic E-state index is 4.94. The topological polar surface area (TPSA) is 29.3 Å². The summed E-state index contributed by atoms with van der Waals surface area (Å²) in [5.41, 5.74) is 9.08. The van der Waals surface area contributed by atoms with Crippen molar-refractivity contribution in [1.82, 2.24) is 9.38 Å². The van der Waals surface area contributed by atoms with Crippen LogP contribution >= 0.6 is 0 Å². The number of hydrogen-bond acceptors (Lipinski definition) is 2. The molecule has 1 N–H and O–H groups in total. The van der Waals surface area contributed by atoms with E-state index < -0.39 is 0 Å². The van der Waals surface area contributed by atoms with Crippen LogP contribution in [0.3, 0.4) is 0 Å². The van der Waals surface area contributed by atoms with E-state index >= 15 is 0 Å². The maximum Gasteiger partial charge on any atom is 0.143 e. The van der Waals surface area contributed by atoms with Gasteiger partial charge in [0, 0.05) is 17.4 Å². The predicted molar refractivity (Wildman–Crippen MR) is 109 cm³/mol. The molecule has 26 heavy (non-hydrogen) atoms. The number of para-hydroxylation sites is 1. The second-order valence-corrected chi connectivity index (χ2v) is 7.00. The molecule has 3 nitrogen and oxygen atoms in total. The Hall–Kier alpha value is -3.07. The Morgan fingerprint density at radius 2 is 1.50 bits per heavy atom. The van der Waals surface area contributed by atoms with Gasteiger partial charge in [0.15, 0.2) is 0 Å². The highest BCUT2D eigenvalue weighted by Crippen LogP contribution is 2.33. The van der Waals surface area contributed by atoms with E-state index in [1.165, 1.54) is 22.3 Å². The Morgan fingerprint density at radius 1 is 0.808 bits per heavy atom. The van der Waals surface area contributed by atoms with Crippen molar-refractivity contribution in [2.75, 3.05) is 5.32 Å². The summed E-state index contributed by atoms with van der Waals surface area (Å²) >= 11 is 0. The largest absolute Gasteiger partial charge is 0.339 e. The molecule has 0 saturated carbocycles. The highest BCUT2D eigenvalue weighted by Gasteiger charge is 2.16. The molecule has 0 spiro atoms. The van der Waals surface area contributed by atoms with Gasteiger partial charge in [0.2, 0.25) is 0 Å². The van der Waals surface area contributed by atoms with Crippen LogP contribution in [0.25, 0.3) is 16.9 Å². The molecule has 3 heteroatoms. The number of fused-ring (bicyclic) bond motifs is 1. The predicted octanol–water partition coefficient (Wildman–Crippen LogP) is 5.98. The first-order valence-corrected chi connectivity index (χ1v) is 8.92. The lowest BCUT2D eigenvalue weighted by molar-refractivity contribution is 1.16. The van der Waals surface area contributed by atoms with Crippen molar-refractivity contribution in [2.45, 2.75) is 27.7 Å². The number of rotatable bonds is 3. The van der Waals surface area contributed by atoms with Gasteiger partial charge in [0.05, 0.1) is 0 Å². The van der Waals surface area contributed by atoms with E-state index in [9.17, 15) is 0 Å². The highest BCUT2D eigenvalue weighted by atomic mass is 15.1. The van der Waals surface area contributed by atoms with E-state index in [4.69, 9.17) is 4.98 Å². The summed E-state index contributed by atoms with van der Waals surface area (Å²) in [5, 5.41) is 3.67. The summed E-state index contributed by atoms with van der Waals surface area (Å²) in [6.07, 6.45) is 2.09. The Bertz CT molecular complexity index is 1090. The average molecular weight is 341 g/mol. The van der Waals surface area contributed by atoms with E-state index in [0.29, 0.717) is 0 Å². The Morgan fingerprint density at radius 3 is 2.23 bits per heavy atom. The zero-order valence-corrected chi connectivity index (χ0v) is 15.7. The first-order chi connectivity index (χ1) is 12.5. The summed E-state index contributed by atoms with van der Waals surface area (Å²) in [5.74, 6) is 1.00. The molecule has 0 aliphatic heterocycles. The van der Waals surface area contributed by atoms with Crippen LogP contribution in [0.15, 0.2) is 60.8 Å². The molecule has 0 aliphatic rings. The summed E-state index contributed by atoms with van der Waals surface area (Å²) in [7, 11) is 0. The summed E-state index contributed by atoms with van der Waals surface area (Å²) < 4.78 is 2.14. The first-order valence-electron chi connectivity index (χ1n) is 8.92. The zero-order chi connectivity index (χ0) is 18.3. The number of benzene rings is 2. The van der Waals surface area contributed by atoms with E-state index in [1.807, 2.05) is 0 Å². The molecular formula is C23H23N3. The van der Waals surface area contributed by atoms with Crippen molar-refractivity contribution in [2.24, 2.45) is 0 Å². The number of nitrogens with one attached hydrogen (secondary N) is 1. The minimum Gasteiger partial charge on any atom is -0.339 e. The molecule has 0 radical (unpaired) electrons. The van der Waals surface area contributed by atoms with Crippen molar-refractivity contribution in [3.63, 3.8) is 0 Å². The molecule has 130 valence electrons. The standard InChI is InChI=1S/C23H23N3/c1-15-7-5-10-19(13-15)22-23(25-21-17(3)8-6-9-18(21)4)26-12-11-16(2)14-20(26)24-22/h5-14,25H,1-4H3. The minimum absolute atomic E-state index is 0.954. The third-order valence-corrected chi connectivity index (χ3v) is 4.80. The van der Waals surface area contributed by atoms with Gasteiger partial charge in [-0.25, -0.2) is 4.98 Å². The molecule has 0 bridgehead atoms. The molecular weight excluding hydrogens is 318 g/mol. The SMILES string of the molecule is Cc1cccc(-c2nc3cc(C)ccn3c2Nc2c(C)cccc2C)c1. The molecule has 4 rings (SSSR count). The molecule has 0 saturated heterocycles. The lowest BCUT2D eigenvalue weighted by Gasteiger charge is -2.14. The highest BCUT2D eigenvalue weighted by molar-refractivity contribution is 5.81. The van der Waals surface area contributed by atoms with Gasteiger partial charge < -0.3 is 5.32 Å². The van der Waals surface area contributed by atoms with E-state index in [-0.39, 0.29) is 0 Å².